The van der Waals surface area contributed by atoms with Crippen molar-refractivity contribution in [1.82, 2.24) is 19.9 Å². The fraction of sp³-hybridized carbons (Fsp3) is 0. The van der Waals surface area contributed by atoms with Crippen molar-refractivity contribution in [2.75, 3.05) is 0 Å². The fourth-order valence-electron chi connectivity index (χ4n) is 3.30. The Hall–Kier alpha value is -4.74. The molecule has 0 unspecified atom stereocenters. The maximum atomic E-state index is 12.0. The summed E-state index contributed by atoms with van der Waals surface area (Å²) in [7, 11) is 0. The zero-order valence-corrected chi connectivity index (χ0v) is 16.9. The van der Waals surface area contributed by atoms with Gasteiger partial charge in [0, 0.05) is 23.5 Å². The second-order valence-corrected chi connectivity index (χ2v) is 7.07. The molecule has 0 saturated carbocycles. The van der Waals surface area contributed by atoms with Gasteiger partial charge in [0.2, 0.25) is 10.0 Å². The minimum atomic E-state index is -0.436. The average molecular weight is 417 g/mol. The van der Waals surface area contributed by atoms with Crippen molar-refractivity contribution in [3.05, 3.63) is 103 Å². The Bertz CT molecular complexity index is 1450. The van der Waals surface area contributed by atoms with Crippen molar-refractivity contribution in [2.24, 2.45) is 10.2 Å². The van der Waals surface area contributed by atoms with Crippen LogP contribution in [-0.2, 0) is 0 Å². The number of nitrogens with zero attached hydrogens (tertiary/aromatic N) is 5. The van der Waals surface area contributed by atoms with Gasteiger partial charge in [-0.15, -0.1) is 0 Å². The molecule has 0 aliphatic carbocycles. The van der Waals surface area contributed by atoms with Crippen LogP contribution in [0.4, 0.5) is 5.69 Å². The molecule has 0 spiro atoms. The molecule has 3 aromatic carbocycles. The highest BCUT2D eigenvalue weighted by molar-refractivity contribution is 5.94. The number of rotatable bonds is 4. The molecular weight excluding hydrogens is 400 g/mol. The molecule has 0 atom stereocenters. The van der Waals surface area contributed by atoms with Crippen molar-refractivity contribution in [3.63, 3.8) is 0 Å². The van der Waals surface area contributed by atoms with Gasteiger partial charge < -0.3 is 4.98 Å². The highest BCUT2D eigenvalue weighted by Crippen LogP contribution is 2.26. The second-order valence-electron chi connectivity index (χ2n) is 7.07. The van der Waals surface area contributed by atoms with E-state index in [4.69, 9.17) is 0 Å². The summed E-state index contributed by atoms with van der Waals surface area (Å²) in [4.78, 5) is 27.8. The summed E-state index contributed by atoms with van der Waals surface area (Å²) in [6.07, 6.45) is 3.60. The topological polar surface area (TPSA) is 97.5 Å². The summed E-state index contributed by atoms with van der Waals surface area (Å²) in [6, 6.07) is 26.3. The first-order chi connectivity index (χ1) is 15.8. The molecule has 0 bridgehead atoms. The maximum Gasteiger partial charge on any atom is 0.360 e. The summed E-state index contributed by atoms with van der Waals surface area (Å²) < 4.78 is 0. The van der Waals surface area contributed by atoms with E-state index in [1.165, 1.54) is 0 Å². The predicted molar refractivity (Wildman–Crippen MR) is 122 cm³/mol. The van der Waals surface area contributed by atoms with Crippen molar-refractivity contribution in [2.45, 2.75) is 0 Å². The lowest BCUT2D eigenvalue weighted by Gasteiger charge is -2.02. The number of H-pyrrole nitrogens is 1. The molecule has 32 heavy (non-hydrogen) atoms. The van der Waals surface area contributed by atoms with Gasteiger partial charge in [0.05, 0.1) is 11.0 Å². The molecule has 7 heteroatoms. The number of aromatic nitrogens is 3. The van der Waals surface area contributed by atoms with Gasteiger partial charge in [0.1, 0.15) is 5.82 Å². The Kier molecular flexibility index (Phi) is 5.14. The van der Waals surface area contributed by atoms with E-state index in [2.05, 4.69) is 30.1 Å². The molecule has 2 aromatic heterocycles. The zero-order valence-electron chi connectivity index (χ0n) is 16.9. The monoisotopic (exact) mass is 417 g/mol. The zero-order chi connectivity index (χ0) is 21.8. The van der Waals surface area contributed by atoms with Gasteiger partial charge in [0.25, 0.3) is 0 Å². The number of fused-ring (bicyclic) bond motifs is 1. The Morgan fingerprint density at radius 3 is 2.44 bits per heavy atom. The largest absolute Gasteiger partial charge is 0.360 e. The number of carbonyl (C=O) groups excluding carboxylic acids is 1. The molecule has 0 aliphatic rings. The molecule has 5 rings (SSSR count). The number of benzene rings is 3. The molecule has 1 amide bonds. The summed E-state index contributed by atoms with van der Waals surface area (Å²) >= 11 is 0. The van der Waals surface area contributed by atoms with Gasteiger partial charge in [-0.3, -0.25) is 9.78 Å². The molecule has 152 valence electrons. The van der Waals surface area contributed by atoms with E-state index in [-0.39, 0.29) is 0 Å². The smallest absolute Gasteiger partial charge is 0.338 e. The minimum absolute atomic E-state index is 0.436. The van der Waals surface area contributed by atoms with Gasteiger partial charge >= 0.3 is 5.91 Å². The van der Waals surface area contributed by atoms with Crippen molar-refractivity contribution in [3.8, 4) is 22.5 Å². The Morgan fingerprint density at radius 1 is 0.844 bits per heavy atom. The van der Waals surface area contributed by atoms with Crippen LogP contribution in [0.1, 0.15) is 10.4 Å². The highest BCUT2D eigenvalue weighted by atomic mass is 16.1. The van der Waals surface area contributed by atoms with Crippen LogP contribution in [0.15, 0.2) is 108 Å². The van der Waals surface area contributed by atoms with Crippen LogP contribution in [-0.4, -0.2) is 20.9 Å². The first kappa shape index (κ1) is 19.2. The maximum absolute atomic E-state index is 12.0. The van der Waals surface area contributed by atoms with Crippen LogP contribution in [0.5, 0.6) is 0 Å². The van der Waals surface area contributed by atoms with Gasteiger partial charge in [-0.1, -0.05) is 48.5 Å². The molecule has 2 heterocycles. The molecule has 0 fully saturated rings. The lowest BCUT2D eigenvalue weighted by atomic mass is 10.1. The van der Waals surface area contributed by atoms with Gasteiger partial charge in [-0.05, 0) is 47.5 Å². The Balaban J connectivity index is 1.37. The summed E-state index contributed by atoms with van der Waals surface area (Å²) in [5.74, 6) is 0.324. The van der Waals surface area contributed by atoms with E-state index in [0.717, 1.165) is 33.5 Å². The number of aromatic amines is 1. The number of imidazole rings is 1. The molecular formula is C25H17N6O+. The molecule has 7 nitrogen and oxygen atoms in total. The van der Waals surface area contributed by atoms with Gasteiger partial charge in [-0.25, -0.2) is 4.98 Å². The fourth-order valence-corrected chi connectivity index (χ4v) is 3.30. The quantitative estimate of drug-likeness (QED) is 0.298. The highest BCUT2D eigenvalue weighted by Gasteiger charge is 2.10. The van der Waals surface area contributed by atoms with Crippen molar-refractivity contribution >= 4 is 22.6 Å². The first-order valence-corrected chi connectivity index (χ1v) is 9.98. The molecule has 0 aliphatic heterocycles. The summed E-state index contributed by atoms with van der Waals surface area (Å²) in [5.41, 5.74) is 5.80. The lowest BCUT2D eigenvalue weighted by molar-refractivity contribution is 0.0992. The molecule has 0 saturated heterocycles. The minimum Gasteiger partial charge on any atom is -0.338 e. The normalized spacial score (nSPS) is 10.5. The third kappa shape index (κ3) is 4.09. The number of pyridine rings is 1. The van der Waals surface area contributed by atoms with E-state index >= 15 is 0 Å². The van der Waals surface area contributed by atoms with Crippen LogP contribution >= 0.6 is 0 Å². The molecule has 1 N–H and O–H groups in total. The van der Waals surface area contributed by atoms with E-state index in [9.17, 15) is 4.79 Å². The molecule has 5 aromatic rings. The summed E-state index contributed by atoms with van der Waals surface area (Å²) in [5, 5.41) is 7.68. The third-order valence-corrected chi connectivity index (χ3v) is 4.94. The number of amides is 1. The lowest BCUT2D eigenvalue weighted by Crippen LogP contribution is -1.93. The van der Waals surface area contributed by atoms with E-state index in [0.29, 0.717) is 11.3 Å². The first-order valence-electron chi connectivity index (χ1n) is 9.98. The number of hydrogen-bond donors (Lipinski definition) is 1. The van der Waals surface area contributed by atoms with Crippen LogP contribution in [0, 0.1) is 0 Å². The van der Waals surface area contributed by atoms with Crippen LogP contribution in [0.3, 0.4) is 0 Å². The SMILES string of the molecule is O=C(N=[N+]=Nc1ccc2nc(-c3ccc(-c4cccnc4)cc3)[nH]c2c1)c1ccccc1. The van der Waals surface area contributed by atoms with E-state index in [1.54, 1.807) is 36.5 Å². The standard InChI is InChI=1S/C25H16N6O/c32-25(19-5-2-1-3-6-19)30-31-29-21-12-13-22-23(15-21)28-24(27-22)18-10-8-17(9-11-18)20-7-4-14-26-16-20/h1-16H/p+1. The molecule has 0 radical (unpaired) electrons. The average Bonchev–Trinajstić information content (AvgIpc) is 3.29. The van der Waals surface area contributed by atoms with Crippen molar-refractivity contribution in [1.29, 1.82) is 0 Å². The Labute approximate surface area is 183 Å². The van der Waals surface area contributed by atoms with Crippen LogP contribution < -0.4 is 4.91 Å². The Morgan fingerprint density at radius 2 is 1.66 bits per heavy atom. The van der Waals surface area contributed by atoms with Crippen LogP contribution in [0.2, 0.25) is 0 Å². The van der Waals surface area contributed by atoms with Crippen LogP contribution in [0.25, 0.3) is 33.5 Å². The summed E-state index contributed by atoms with van der Waals surface area (Å²) in [6.45, 7) is 0. The van der Waals surface area contributed by atoms with Gasteiger partial charge in [0.15, 0.2) is 10.8 Å². The van der Waals surface area contributed by atoms with E-state index in [1.807, 2.05) is 60.8 Å². The number of carbonyl (C=O) groups is 1. The van der Waals surface area contributed by atoms with E-state index < -0.39 is 5.91 Å². The van der Waals surface area contributed by atoms with Gasteiger partial charge in [-0.2, -0.15) is 0 Å². The predicted octanol–water partition coefficient (Wildman–Crippen LogP) is 5.74. The third-order valence-electron chi connectivity index (χ3n) is 4.94. The van der Waals surface area contributed by atoms with Crippen molar-refractivity contribution < 1.29 is 4.79 Å². The number of hydrogen-bond acceptors (Lipinski definition) is 4. The second kappa shape index (κ2) is 8.55. The number of nitrogens with one attached hydrogen (secondary N) is 1.